The van der Waals surface area contributed by atoms with Crippen molar-refractivity contribution in [2.24, 2.45) is 5.92 Å². The van der Waals surface area contributed by atoms with Crippen LogP contribution in [0.15, 0.2) is 24.4 Å². The Labute approximate surface area is 172 Å². The van der Waals surface area contributed by atoms with Gasteiger partial charge in [0.2, 0.25) is 0 Å². The van der Waals surface area contributed by atoms with E-state index in [2.05, 4.69) is 9.88 Å². The third-order valence-electron chi connectivity index (χ3n) is 6.60. The van der Waals surface area contributed by atoms with Gasteiger partial charge in [-0.2, -0.15) is 0 Å². The molecule has 1 N–H and O–H groups in total. The third-order valence-corrected chi connectivity index (χ3v) is 6.92. The van der Waals surface area contributed by atoms with Crippen LogP contribution in [0.1, 0.15) is 75.2 Å². The number of amides is 1. The highest BCUT2D eigenvalue weighted by molar-refractivity contribution is 6.36. The first-order chi connectivity index (χ1) is 13.7. The van der Waals surface area contributed by atoms with Crippen LogP contribution in [-0.2, 0) is 4.74 Å². The van der Waals surface area contributed by atoms with Crippen LogP contribution in [0.5, 0.6) is 0 Å². The highest BCUT2D eigenvalue weighted by Crippen LogP contribution is 2.48. The van der Waals surface area contributed by atoms with E-state index in [1.165, 1.54) is 32.1 Å². The zero-order valence-electron chi connectivity index (χ0n) is 17.0. The smallest absolute Gasteiger partial charge is 0.253 e. The third kappa shape index (κ3) is 3.46. The van der Waals surface area contributed by atoms with Gasteiger partial charge in [0, 0.05) is 17.1 Å². The largest absolute Gasteiger partial charge is 0.377 e. The van der Waals surface area contributed by atoms with Crippen LogP contribution in [-0.4, -0.2) is 29.2 Å². The lowest BCUT2D eigenvalue weighted by Crippen LogP contribution is -2.43. The summed E-state index contributed by atoms with van der Waals surface area (Å²) in [5, 5.41) is 4.94. The molecular weight excluding hydrogens is 372 g/mol. The van der Waals surface area contributed by atoms with E-state index in [1.807, 2.05) is 38.2 Å². The molecule has 28 heavy (non-hydrogen) atoms. The summed E-state index contributed by atoms with van der Waals surface area (Å²) in [6, 6.07) is 6.17. The van der Waals surface area contributed by atoms with Gasteiger partial charge in [-0.1, -0.05) is 50.8 Å². The summed E-state index contributed by atoms with van der Waals surface area (Å²) in [4.78, 5) is 13.2. The topological polar surface area (TPSA) is 43.3 Å². The molecule has 2 aliphatic carbocycles. The maximum atomic E-state index is 13.2. The molecule has 1 aromatic heterocycles. The number of nitrogens with zero attached hydrogens (tertiary/aromatic N) is 1. The summed E-state index contributed by atoms with van der Waals surface area (Å²) in [5.41, 5.74) is 1.77. The van der Waals surface area contributed by atoms with E-state index < -0.39 is 0 Å². The van der Waals surface area contributed by atoms with E-state index in [0.717, 1.165) is 23.7 Å². The average molecular weight is 403 g/mol. The van der Waals surface area contributed by atoms with Crippen molar-refractivity contribution in [1.82, 2.24) is 9.88 Å². The molecule has 5 rings (SSSR count). The molecule has 1 saturated heterocycles. The minimum atomic E-state index is 0.0326. The van der Waals surface area contributed by atoms with Gasteiger partial charge in [-0.15, -0.1) is 0 Å². The fourth-order valence-corrected chi connectivity index (χ4v) is 5.12. The van der Waals surface area contributed by atoms with Crippen LogP contribution >= 0.6 is 11.6 Å². The first-order valence-electron chi connectivity index (χ1n) is 10.9. The Morgan fingerprint density at radius 2 is 1.89 bits per heavy atom. The van der Waals surface area contributed by atoms with Crippen LogP contribution in [0.25, 0.3) is 10.9 Å². The summed E-state index contributed by atoms with van der Waals surface area (Å²) >= 11 is 6.50. The molecule has 152 valence electrons. The fourth-order valence-electron chi connectivity index (χ4n) is 4.84. The molecule has 0 bridgehead atoms. The summed E-state index contributed by atoms with van der Waals surface area (Å²) in [7, 11) is 0. The number of hydrogen-bond donors (Lipinski definition) is 1. The number of nitrogens with one attached hydrogen (secondary N) is 1. The highest BCUT2D eigenvalue weighted by atomic mass is 35.5. The fraction of sp³-hybridized carbons (Fsp3) is 0.609. The number of aromatic nitrogens is 1. The predicted octanol–water partition coefficient (Wildman–Crippen LogP) is 5.73. The van der Waals surface area contributed by atoms with E-state index in [-0.39, 0.29) is 11.4 Å². The monoisotopic (exact) mass is 402 g/mol. The maximum Gasteiger partial charge on any atom is 0.253 e. The minimum absolute atomic E-state index is 0.0326. The maximum absolute atomic E-state index is 13.2. The van der Waals surface area contributed by atoms with Crippen LogP contribution in [0.2, 0.25) is 5.02 Å². The Kier molecular flexibility index (Phi) is 5.71. The van der Waals surface area contributed by atoms with Crippen LogP contribution < -0.4 is 5.32 Å². The number of hydrogen-bond acceptors (Lipinski definition) is 2. The summed E-state index contributed by atoms with van der Waals surface area (Å²) in [6.07, 6.45) is 10.7. The SMILES string of the molecule is CC.O=C(NC1(C2CCCCC2)CC1)c1cn(C2COC2)c2cccc(Cl)c12. The predicted molar refractivity (Wildman–Crippen MR) is 114 cm³/mol. The molecule has 0 atom stereocenters. The minimum Gasteiger partial charge on any atom is -0.377 e. The van der Waals surface area contributed by atoms with Crippen molar-refractivity contribution in [3.8, 4) is 0 Å². The van der Waals surface area contributed by atoms with E-state index in [0.29, 0.717) is 35.8 Å². The standard InChI is InChI=1S/C21H25ClN2O2.C2H6/c22-17-7-4-8-18-19(17)16(11-24(18)15-12-26-13-15)20(25)23-21(9-10-21)14-5-2-1-3-6-14;1-2/h4,7-8,11,14-15H,1-3,5-6,9-10,12-13H2,(H,23,25);1-2H3. The van der Waals surface area contributed by atoms with Gasteiger partial charge in [-0.3, -0.25) is 4.79 Å². The Morgan fingerprint density at radius 3 is 2.50 bits per heavy atom. The molecule has 2 saturated carbocycles. The second kappa shape index (κ2) is 8.08. The van der Waals surface area contributed by atoms with Crippen LogP contribution in [0.3, 0.4) is 0 Å². The second-order valence-electron chi connectivity index (χ2n) is 8.22. The second-order valence-corrected chi connectivity index (χ2v) is 8.63. The molecule has 3 fully saturated rings. The lowest BCUT2D eigenvalue weighted by Gasteiger charge is -2.31. The molecule has 0 unspecified atom stereocenters. The van der Waals surface area contributed by atoms with Crippen molar-refractivity contribution in [2.75, 3.05) is 13.2 Å². The van der Waals surface area contributed by atoms with Gasteiger partial charge in [0.05, 0.1) is 35.4 Å². The number of carbonyl (C=O) groups is 1. The van der Waals surface area contributed by atoms with Gasteiger partial charge >= 0.3 is 0 Å². The average Bonchev–Trinajstić information content (AvgIpc) is 3.37. The summed E-state index contributed by atoms with van der Waals surface area (Å²) in [6.45, 7) is 5.40. The first kappa shape index (κ1) is 19.8. The molecule has 4 nitrogen and oxygen atoms in total. The molecule has 1 amide bonds. The molecule has 3 aliphatic rings. The number of fused-ring (bicyclic) bond motifs is 1. The number of ether oxygens (including phenoxy) is 1. The van der Waals surface area contributed by atoms with E-state index in [1.54, 1.807) is 0 Å². The van der Waals surface area contributed by atoms with E-state index >= 15 is 0 Å². The molecule has 2 heterocycles. The normalized spacial score (nSPS) is 21.5. The van der Waals surface area contributed by atoms with Crippen molar-refractivity contribution < 1.29 is 9.53 Å². The Morgan fingerprint density at radius 1 is 1.18 bits per heavy atom. The van der Waals surface area contributed by atoms with Crippen LogP contribution in [0.4, 0.5) is 0 Å². The van der Waals surface area contributed by atoms with Crippen molar-refractivity contribution >= 4 is 28.4 Å². The van der Waals surface area contributed by atoms with Gasteiger partial charge in [0.1, 0.15) is 0 Å². The molecule has 2 aromatic rings. The lowest BCUT2D eigenvalue weighted by atomic mass is 9.82. The lowest BCUT2D eigenvalue weighted by molar-refractivity contribution is -0.0214. The molecule has 5 heteroatoms. The van der Waals surface area contributed by atoms with Crippen molar-refractivity contribution in [2.45, 2.75) is 70.4 Å². The molecular formula is C23H31ClN2O2. The number of halogens is 1. The van der Waals surface area contributed by atoms with Gasteiger partial charge in [0.15, 0.2) is 0 Å². The number of carbonyl (C=O) groups excluding carboxylic acids is 1. The van der Waals surface area contributed by atoms with Crippen molar-refractivity contribution in [1.29, 1.82) is 0 Å². The van der Waals surface area contributed by atoms with Crippen molar-refractivity contribution in [3.63, 3.8) is 0 Å². The summed E-state index contributed by atoms with van der Waals surface area (Å²) < 4.78 is 7.52. The Hall–Kier alpha value is -1.52. The Bertz CT molecular complexity index is 846. The van der Waals surface area contributed by atoms with E-state index in [4.69, 9.17) is 16.3 Å². The van der Waals surface area contributed by atoms with Gasteiger partial charge < -0.3 is 14.6 Å². The molecule has 0 radical (unpaired) electrons. The van der Waals surface area contributed by atoms with Gasteiger partial charge in [-0.05, 0) is 43.7 Å². The van der Waals surface area contributed by atoms with Gasteiger partial charge in [0.25, 0.3) is 5.91 Å². The quantitative estimate of drug-likeness (QED) is 0.709. The number of rotatable bonds is 4. The van der Waals surface area contributed by atoms with E-state index in [9.17, 15) is 4.79 Å². The zero-order chi connectivity index (χ0) is 19.7. The molecule has 1 aliphatic heterocycles. The Balaban J connectivity index is 0.000000932. The first-order valence-corrected chi connectivity index (χ1v) is 11.2. The van der Waals surface area contributed by atoms with Crippen molar-refractivity contribution in [3.05, 3.63) is 35.0 Å². The molecule has 1 aromatic carbocycles. The number of benzene rings is 1. The molecule has 0 spiro atoms. The zero-order valence-corrected chi connectivity index (χ0v) is 17.7. The summed E-state index contributed by atoms with van der Waals surface area (Å²) in [5.74, 6) is 0.675. The highest BCUT2D eigenvalue weighted by Gasteiger charge is 2.50. The van der Waals surface area contributed by atoms with Crippen LogP contribution in [0, 0.1) is 5.92 Å². The van der Waals surface area contributed by atoms with Gasteiger partial charge in [-0.25, -0.2) is 0 Å².